The van der Waals surface area contributed by atoms with Crippen molar-refractivity contribution in [1.82, 2.24) is 0 Å². The Bertz CT molecular complexity index is 281. The highest BCUT2D eigenvalue weighted by molar-refractivity contribution is 6.67. The molecule has 1 aliphatic rings. The molecule has 0 amide bonds. The van der Waals surface area contributed by atoms with Crippen LogP contribution in [-0.2, 0) is 9.53 Å². The minimum absolute atomic E-state index is 0.0891. The van der Waals surface area contributed by atoms with E-state index in [1.54, 1.807) is 0 Å². The maximum atomic E-state index is 11.8. The van der Waals surface area contributed by atoms with Crippen molar-refractivity contribution in [3.8, 4) is 0 Å². The maximum absolute atomic E-state index is 11.8. The Balaban J connectivity index is 2.60. The van der Waals surface area contributed by atoms with E-state index in [1.165, 1.54) is 0 Å². The Labute approximate surface area is 112 Å². The van der Waals surface area contributed by atoms with E-state index in [-0.39, 0.29) is 29.3 Å². The van der Waals surface area contributed by atoms with Crippen molar-refractivity contribution >= 4 is 40.8 Å². The Morgan fingerprint density at radius 3 is 2.25 bits per heavy atom. The van der Waals surface area contributed by atoms with E-state index in [1.807, 2.05) is 27.7 Å². The second kappa shape index (κ2) is 4.55. The molecule has 0 bridgehead atoms. The molecule has 0 saturated heterocycles. The lowest BCUT2D eigenvalue weighted by Crippen LogP contribution is -2.16. The van der Waals surface area contributed by atoms with Gasteiger partial charge in [-0.15, -0.1) is 0 Å². The highest BCUT2D eigenvalue weighted by atomic mass is 35.6. The van der Waals surface area contributed by atoms with E-state index >= 15 is 0 Å². The van der Waals surface area contributed by atoms with Gasteiger partial charge in [0.15, 0.2) is 3.79 Å². The van der Waals surface area contributed by atoms with E-state index in [9.17, 15) is 4.79 Å². The van der Waals surface area contributed by atoms with Crippen LogP contribution < -0.4 is 0 Å². The van der Waals surface area contributed by atoms with Crippen LogP contribution in [0.3, 0.4) is 0 Å². The first-order valence-electron chi connectivity index (χ1n) is 5.33. The summed E-state index contributed by atoms with van der Waals surface area (Å²) in [6.45, 7) is 7.66. The molecule has 0 N–H and O–H groups in total. The van der Waals surface area contributed by atoms with Crippen LogP contribution in [0.2, 0.25) is 0 Å². The molecule has 1 rings (SSSR count). The smallest absolute Gasteiger partial charge is 0.310 e. The zero-order valence-electron chi connectivity index (χ0n) is 9.89. The SMILES string of the molecule is CC(C)OC(=O)C1C(CC(Cl)(Cl)Cl)C1(C)C. The number of esters is 1. The second-order valence-electron chi connectivity index (χ2n) is 5.21. The van der Waals surface area contributed by atoms with Gasteiger partial charge in [0.25, 0.3) is 0 Å². The molecule has 0 spiro atoms. The molecular formula is C11H17Cl3O2. The average Bonchev–Trinajstić information content (AvgIpc) is 2.47. The topological polar surface area (TPSA) is 26.3 Å². The Morgan fingerprint density at radius 1 is 1.38 bits per heavy atom. The van der Waals surface area contributed by atoms with Crippen molar-refractivity contribution in [2.24, 2.45) is 17.3 Å². The first-order chi connectivity index (χ1) is 7.05. The fourth-order valence-corrected chi connectivity index (χ4v) is 2.65. The lowest BCUT2D eigenvalue weighted by Gasteiger charge is -2.10. The summed E-state index contributed by atoms with van der Waals surface area (Å²) in [6.07, 6.45) is 0.292. The number of rotatable bonds is 3. The van der Waals surface area contributed by atoms with Crippen molar-refractivity contribution in [3.05, 3.63) is 0 Å². The third-order valence-corrected chi connectivity index (χ3v) is 3.57. The Hall–Kier alpha value is 0.340. The quantitative estimate of drug-likeness (QED) is 0.580. The average molecular weight is 288 g/mol. The van der Waals surface area contributed by atoms with E-state index in [0.717, 1.165) is 0 Å². The van der Waals surface area contributed by atoms with Crippen LogP contribution in [0.25, 0.3) is 0 Å². The predicted octanol–water partition coefficient (Wildman–Crippen LogP) is 3.97. The van der Waals surface area contributed by atoms with Gasteiger partial charge in [0.2, 0.25) is 0 Å². The molecule has 1 saturated carbocycles. The van der Waals surface area contributed by atoms with Crippen LogP contribution in [0.15, 0.2) is 0 Å². The van der Waals surface area contributed by atoms with Crippen molar-refractivity contribution in [2.45, 2.75) is 44.0 Å². The first kappa shape index (κ1) is 14.4. The molecule has 1 fully saturated rings. The van der Waals surface area contributed by atoms with Gasteiger partial charge in [-0.3, -0.25) is 4.79 Å². The molecule has 0 aliphatic heterocycles. The summed E-state index contributed by atoms with van der Waals surface area (Å²) in [6, 6.07) is 0. The largest absolute Gasteiger partial charge is 0.463 e. The summed E-state index contributed by atoms with van der Waals surface area (Å²) in [5.74, 6) is -0.240. The van der Waals surface area contributed by atoms with Crippen LogP contribution in [0.5, 0.6) is 0 Å². The molecule has 1 aliphatic carbocycles. The van der Waals surface area contributed by atoms with Gasteiger partial charge < -0.3 is 4.74 Å². The number of carbonyl (C=O) groups is 1. The fourth-order valence-electron chi connectivity index (χ4n) is 2.15. The molecule has 16 heavy (non-hydrogen) atoms. The van der Waals surface area contributed by atoms with Gasteiger partial charge in [-0.2, -0.15) is 0 Å². The van der Waals surface area contributed by atoms with Gasteiger partial charge in [0, 0.05) is 0 Å². The van der Waals surface area contributed by atoms with Crippen molar-refractivity contribution < 1.29 is 9.53 Å². The summed E-state index contributed by atoms with van der Waals surface area (Å²) < 4.78 is 3.89. The van der Waals surface area contributed by atoms with E-state index in [4.69, 9.17) is 39.5 Å². The third-order valence-electron chi connectivity index (χ3n) is 3.11. The van der Waals surface area contributed by atoms with E-state index < -0.39 is 3.79 Å². The molecule has 0 aromatic carbocycles. The van der Waals surface area contributed by atoms with Crippen molar-refractivity contribution in [2.75, 3.05) is 0 Å². The van der Waals surface area contributed by atoms with Crippen LogP contribution in [-0.4, -0.2) is 15.9 Å². The molecule has 2 atom stereocenters. The van der Waals surface area contributed by atoms with Crippen LogP contribution in [0.4, 0.5) is 0 Å². The van der Waals surface area contributed by atoms with E-state index in [2.05, 4.69) is 0 Å². The normalized spacial score (nSPS) is 28.0. The molecule has 0 heterocycles. The number of carbonyl (C=O) groups excluding carboxylic acids is 1. The highest BCUT2D eigenvalue weighted by Crippen LogP contribution is 2.63. The summed E-state index contributed by atoms with van der Waals surface area (Å²) in [5, 5.41) is 0. The molecule has 2 nitrogen and oxygen atoms in total. The monoisotopic (exact) mass is 286 g/mol. The van der Waals surface area contributed by atoms with Gasteiger partial charge in [0.05, 0.1) is 12.0 Å². The van der Waals surface area contributed by atoms with Crippen LogP contribution in [0.1, 0.15) is 34.1 Å². The third kappa shape index (κ3) is 3.41. The molecule has 94 valence electrons. The lowest BCUT2D eigenvalue weighted by molar-refractivity contribution is -0.150. The number of hydrogen-bond acceptors (Lipinski definition) is 2. The zero-order chi connectivity index (χ0) is 12.7. The maximum Gasteiger partial charge on any atom is 0.310 e. The molecule has 0 radical (unpaired) electrons. The fraction of sp³-hybridized carbons (Fsp3) is 0.909. The molecule has 0 aromatic heterocycles. The van der Waals surface area contributed by atoms with Gasteiger partial charge in [-0.25, -0.2) is 0 Å². The summed E-state index contributed by atoms with van der Waals surface area (Å²) >= 11 is 17.2. The van der Waals surface area contributed by atoms with Crippen LogP contribution in [0, 0.1) is 17.3 Å². The summed E-state index contributed by atoms with van der Waals surface area (Å²) in [5.41, 5.74) is -0.129. The molecular weight excluding hydrogens is 270 g/mol. The zero-order valence-corrected chi connectivity index (χ0v) is 12.2. The van der Waals surface area contributed by atoms with E-state index in [0.29, 0.717) is 6.42 Å². The number of ether oxygens (including phenoxy) is 1. The highest BCUT2D eigenvalue weighted by Gasteiger charge is 2.63. The second-order valence-corrected chi connectivity index (χ2v) is 7.73. The van der Waals surface area contributed by atoms with Crippen molar-refractivity contribution in [1.29, 1.82) is 0 Å². The number of alkyl halides is 3. The van der Waals surface area contributed by atoms with Crippen molar-refractivity contribution in [3.63, 3.8) is 0 Å². The molecule has 5 heteroatoms. The Morgan fingerprint density at radius 2 is 1.88 bits per heavy atom. The van der Waals surface area contributed by atoms with Crippen LogP contribution >= 0.6 is 34.8 Å². The van der Waals surface area contributed by atoms with Gasteiger partial charge >= 0.3 is 5.97 Å². The summed E-state index contributed by atoms with van der Waals surface area (Å²) in [4.78, 5) is 11.8. The van der Waals surface area contributed by atoms with Gasteiger partial charge in [-0.1, -0.05) is 48.7 Å². The Kier molecular flexibility index (Phi) is 4.09. The molecule has 0 aromatic rings. The number of hydrogen-bond donors (Lipinski definition) is 0. The number of halogens is 3. The van der Waals surface area contributed by atoms with Gasteiger partial charge in [-0.05, 0) is 31.6 Å². The summed E-state index contributed by atoms with van der Waals surface area (Å²) in [7, 11) is 0. The first-order valence-corrected chi connectivity index (χ1v) is 6.46. The minimum atomic E-state index is -1.30. The standard InChI is InChI=1S/C11H17Cl3O2/c1-6(2)16-9(15)8-7(10(8,3)4)5-11(12,13)14/h6-8H,5H2,1-4H3. The minimum Gasteiger partial charge on any atom is -0.463 e. The lowest BCUT2D eigenvalue weighted by atomic mass is 10.1. The molecule has 2 unspecified atom stereocenters. The van der Waals surface area contributed by atoms with Gasteiger partial charge in [0.1, 0.15) is 0 Å². The predicted molar refractivity (Wildman–Crippen MR) is 66.9 cm³/mol.